The molecule has 9 heteroatoms. The molecule has 1 aromatic heterocycles. The van der Waals surface area contributed by atoms with Crippen molar-refractivity contribution in [3.63, 3.8) is 0 Å². The van der Waals surface area contributed by atoms with E-state index in [0.717, 1.165) is 5.41 Å². The Hall–Kier alpha value is -2.32. The second-order valence-corrected chi connectivity index (χ2v) is 8.14. The zero-order valence-electron chi connectivity index (χ0n) is 13.1. The van der Waals surface area contributed by atoms with Crippen LogP contribution in [0.4, 0.5) is 0 Å². The van der Waals surface area contributed by atoms with Gasteiger partial charge in [-0.25, -0.2) is 13.2 Å². The molecule has 2 aromatic rings. The zero-order valence-corrected chi connectivity index (χ0v) is 14.6. The molecule has 0 fully saturated rings. The molecule has 1 aliphatic rings. The number of rotatable bonds is 3. The fourth-order valence-electron chi connectivity index (χ4n) is 2.69. The van der Waals surface area contributed by atoms with E-state index in [4.69, 9.17) is 16.0 Å². The first-order valence-electron chi connectivity index (χ1n) is 7.31. The lowest BCUT2D eigenvalue weighted by Crippen LogP contribution is -2.37. The van der Waals surface area contributed by atoms with E-state index >= 15 is 0 Å². The predicted octanol–water partition coefficient (Wildman–Crippen LogP) is 1.43. The molecular weight excluding hydrogens is 370 g/mol. The third kappa shape index (κ3) is 3.54. The van der Waals surface area contributed by atoms with Gasteiger partial charge in [-0.05, 0) is 24.6 Å². The lowest BCUT2D eigenvalue weighted by Gasteiger charge is -2.12. The van der Waals surface area contributed by atoms with Gasteiger partial charge in [-0.15, -0.1) is 0 Å². The number of hydrogen-bond acceptors (Lipinski definition) is 6. The summed E-state index contributed by atoms with van der Waals surface area (Å²) in [6.45, 7) is 1.65. The summed E-state index contributed by atoms with van der Waals surface area (Å²) >= 11 is 5.88. The van der Waals surface area contributed by atoms with E-state index in [2.05, 4.69) is 5.32 Å². The first-order chi connectivity index (χ1) is 11.7. The first-order valence-corrected chi connectivity index (χ1v) is 9.41. The zero-order chi connectivity index (χ0) is 18.4. The van der Waals surface area contributed by atoms with Crippen LogP contribution in [-0.4, -0.2) is 31.2 Å². The van der Waals surface area contributed by atoms with Crippen LogP contribution in [0.25, 0.3) is 11.0 Å². The summed E-state index contributed by atoms with van der Waals surface area (Å²) < 4.78 is 27.9. The van der Waals surface area contributed by atoms with Crippen LogP contribution in [0.1, 0.15) is 11.1 Å². The minimum absolute atomic E-state index is 0.0983. The van der Waals surface area contributed by atoms with Crippen molar-refractivity contribution in [3.05, 3.63) is 50.2 Å². The molecule has 132 valence electrons. The topological polar surface area (TPSA) is 114 Å². The largest absolute Gasteiger partial charge is 0.506 e. The summed E-state index contributed by atoms with van der Waals surface area (Å²) in [5, 5.41) is 13.8. The Balaban J connectivity index is 1.89. The second kappa shape index (κ2) is 6.20. The van der Waals surface area contributed by atoms with Crippen molar-refractivity contribution in [3.8, 4) is 5.75 Å². The number of phenols is 1. The lowest BCUT2D eigenvalue weighted by molar-refractivity contribution is -0.120. The molecule has 1 aromatic carbocycles. The third-order valence-electron chi connectivity index (χ3n) is 3.97. The molecule has 0 spiro atoms. The third-order valence-corrected chi connectivity index (χ3v) is 5.67. The summed E-state index contributed by atoms with van der Waals surface area (Å²) in [6, 6.07) is 2.08. The van der Waals surface area contributed by atoms with E-state index in [1.54, 1.807) is 6.92 Å². The number of phenolic OH excluding ortho intramolecular Hbond substituents is 1. The van der Waals surface area contributed by atoms with Gasteiger partial charge in [0.05, 0.1) is 28.8 Å². The van der Waals surface area contributed by atoms with Gasteiger partial charge in [-0.2, -0.15) is 0 Å². The Bertz CT molecular complexity index is 1070. The van der Waals surface area contributed by atoms with Gasteiger partial charge in [0.15, 0.2) is 9.84 Å². The van der Waals surface area contributed by atoms with Crippen molar-refractivity contribution in [2.75, 3.05) is 5.75 Å². The molecule has 2 N–H and O–H groups in total. The molecule has 0 saturated heterocycles. The molecule has 0 saturated carbocycles. The monoisotopic (exact) mass is 383 g/mol. The average molecular weight is 384 g/mol. The number of carbonyl (C=O) groups excluding carboxylic acids is 1. The highest BCUT2D eigenvalue weighted by Gasteiger charge is 2.24. The molecule has 1 aliphatic heterocycles. The summed E-state index contributed by atoms with van der Waals surface area (Å²) in [7, 11) is -3.28. The van der Waals surface area contributed by atoms with Crippen molar-refractivity contribution < 1.29 is 22.7 Å². The standard InChI is InChI=1S/C16H14ClNO6S/c1-8-10-4-12(17)13(19)6-14(10)24-16(21)11(8)5-15(20)18-9-2-3-25(22,23)7-9/h2-4,6,9,19H,5,7H2,1H3,(H,18,20)/t9-/m1/s1. The lowest BCUT2D eigenvalue weighted by atomic mass is 10.0. The molecular formula is C16H14ClNO6S. The van der Waals surface area contributed by atoms with Gasteiger partial charge in [0.1, 0.15) is 11.3 Å². The van der Waals surface area contributed by atoms with Gasteiger partial charge in [-0.3, -0.25) is 4.79 Å². The van der Waals surface area contributed by atoms with Crippen LogP contribution in [-0.2, 0) is 21.1 Å². The molecule has 1 atom stereocenters. The maximum atomic E-state index is 12.2. The Labute approximate surface area is 147 Å². The SMILES string of the molecule is Cc1c(CC(=O)N[C@@H]2C=CS(=O)(=O)C2)c(=O)oc2cc(O)c(Cl)cc12. The number of fused-ring (bicyclic) bond motifs is 1. The van der Waals surface area contributed by atoms with Crippen molar-refractivity contribution in [1.82, 2.24) is 5.32 Å². The Kier molecular flexibility index (Phi) is 4.34. The fraction of sp³-hybridized carbons (Fsp3) is 0.250. The van der Waals surface area contributed by atoms with Gasteiger partial charge < -0.3 is 14.8 Å². The number of aryl methyl sites for hydroxylation is 1. The van der Waals surface area contributed by atoms with Crippen LogP contribution in [0, 0.1) is 6.92 Å². The average Bonchev–Trinajstić information content (AvgIpc) is 2.85. The predicted molar refractivity (Wildman–Crippen MR) is 92.5 cm³/mol. The molecule has 25 heavy (non-hydrogen) atoms. The van der Waals surface area contributed by atoms with Crippen molar-refractivity contribution in [2.24, 2.45) is 0 Å². The highest BCUT2D eigenvalue weighted by atomic mass is 35.5. The number of hydrogen-bond donors (Lipinski definition) is 2. The van der Waals surface area contributed by atoms with E-state index in [-0.39, 0.29) is 34.1 Å². The summed E-state index contributed by atoms with van der Waals surface area (Å²) in [4.78, 5) is 24.3. The number of aromatic hydroxyl groups is 1. The minimum atomic E-state index is -3.28. The molecule has 0 unspecified atom stereocenters. The first kappa shape index (κ1) is 17.5. The molecule has 0 radical (unpaired) electrons. The Morgan fingerprint density at radius 1 is 1.44 bits per heavy atom. The molecule has 1 amide bonds. The van der Waals surface area contributed by atoms with Gasteiger partial charge in [0.2, 0.25) is 5.91 Å². The fourth-order valence-corrected chi connectivity index (χ4v) is 4.08. The van der Waals surface area contributed by atoms with Crippen LogP contribution in [0.15, 0.2) is 32.8 Å². The van der Waals surface area contributed by atoms with Crippen LogP contribution in [0.2, 0.25) is 5.02 Å². The highest BCUT2D eigenvalue weighted by Crippen LogP contribution is 2.30. The number of nitrogens with one attached hydrogen (secondary N) is 1. The Morgan fingerprint density at radius 2 is 2.16 bits per heavy atom. The number of amides is 1. The molecule has 0 bridgehead atoms. The van der Waals surface area contributed by atoms with E-state index in [9.17, 15) is 23.1 Å². The van der Waals surface area contributed by atoms with Gasteiger partial charge >= 0.3 is 5.63 Å². The van der Waals surface area contributed by atoms with Crippen LogP contribution >= 0.6 is 11.6 Å². The number of benzene rings is 1. The van der Waals surface area contributed by atoms with Gasteiger partial charge in [-0.1, -0.05) is 11.6 Å². The smallest absolute Gasteiger partial charge is 0.340 e. The highest BCUT2D eigenvalue weighted by molar-refractivity contribution is 7.94. The van der Waals surface area contributed by atoms with Crippen molar-refractivity contribution in [2.45, 2.75) is 19.4 Å². The van der Waals surface area contributed by atoms with Crippen LogP contribution < -0.4 is 10.9 Å². The maximum absolute atomic E-state index is 12.2. The van der Waals surface area contributed by atoms with E-state index in [1.807, 2.05) is 0 Å². The van der Waals surface area contributed by atoms with Gasteiger partial charge in [0.25, 0.3) is 0 Å². The summed E-state index contributed by atoms with van der Waals surface area (Å²) in [6.07, 6.45) is 1.14. The van der Waals surface area contributed by atoms with Crippen molar-refractivity contribution >= 4 is 38.3 Å². The quantitative estimate of drug-likeness (QED) is 0.775. The van der Waals surface area contributed by atoms with Crippen LogP contribution in [0.3, 0.4) is 0 Å². The summed E-state index contributed by atoms with van der Waals surface area (Å²) in [5.41, 5.74) is 0.129. The van der Waals surface area contributed by atoms with Crippen LogP contribution in [0.5, 0.6) is 5.75 Å². The number of halogens is 1. The molecule has 0 aliphatic carbocycles. The maximum Gasteiger partial charge on any atom is 0.340 e. The number of carbonyl (C=O) groups is 1. The second-order valence-electron chi connectivity index (χ2n) is 5.80. The van der Waals surface area contributed by atoms with E-state index in [1.165, 1.54) is 18.2 Å². The Morgan fingerprint density at radius 3 is 2.80 bits per heavy atom. The molecule has 3 rings (SSSR count). The summed E-state index contributed by atoms with van der Waals surface area (Å²) in [5.74, 6) is -0.901. The minimum Gasteiger partial charge on any atom is -0.506 e. The molecule has 7 nitrogen and oxygen atoms in total. The van der Waals surface area contributed by atoms with E-state index in [0.29, 0.717) is 10.9 Å². The van der Waals surface area contributed by atoms with Crippen molar-refractivity contribution in [1.29, 1.82) is 0 Å². The van der Waals surface area contributed by atoms with Gasteiger partial charge in [0, 0.05) is 16.9 Å². The molecule has 2 heterocycles. The van der Waals surface area contributed by atoms with E-state index < -0.39 is 27.4 Å². The normalized spacial score (nSPS) is 18.6. The number of sulfone groups is 1.